The number of hydrogen-bond donors (Lipinski definition) is 0. The van der Waals surface area contributed by atoms with Crippen LogP contribution in [0.4, 0.5) is 4.39 Å². The van der Waals surface area contributed by atoms with Crippen LogP contribution >= 0.6 is 11.6 Å². The van der Waals surface area contributed by atoms with Crippen molar-refractivity contribution in [3.63, 3.8) is 0 Å². The maximum atomic E-state index is 13.2. The molecule has 0 aliphatic rings. The molecule has 19 heavy (non-hydrogen) atoms. The third-order valence-corrected chi connectivity index (χ3v) is 2.60. The van der Waals surface area contributed by atoms with Gasteiger partial charge in [0.05, 0.1) is 11.4 Å². The van der Waals surface area contributed by atoms with Crippen molar-refractivity contribution < 1.29 is 9.13 Å². The summed E-state index contributed by atoms with van der Waals surface area (Å²) in [6, 6.07) is 14.0. The van der Waals surface area contributed by atoms with Crippen LogP contribution in [0.1, 0.15) is 11.1 Å². The Balaban J connectivity index is 2.15. The molecule has 0 saturated heterocycles. The van der Waals surface area contributed by atoms with E-state index in [1.165, 1.54) is 12.1 Å². The van der Waals surface area contributed by atoms with Crippen molar-refractivity contribution in [2.24, 2.45) is 0 Å². The first-order valence-corrected chi connectivity index (χ1v) is 6.34. The Morgan fingerprint density at radius 2 is 1.89 bits per heavy atom. The quantitative estimate of drug-likeness (QED) is 0.607. The molecule has 0 spiro atoms. The van der Waals surface area contributed by atoms with Crippen molar-refractivity contribution in [1.29, 1.82) is 0 Å². The highest BCUT2D eigenvalue weighted by Crippen LogP contribution is 2.20. The zero-order chi connectivity index (χ0) is 13.5. The summed E-state index contributed by atoms with van der Waals surface area (Å²) in [5.74, 6) is 5.91. The Morgan fingerprint density at radius 3 is 2.63 bits per heavy atom. The Hall–Kier alpha value is -1.98. The van der Waals surface area contributed by atoms with Crippen LogP contribution in [0.3, 0.4) is 0 Å². The fraction of sp³-hybridized carbons (Fsp3) is 0.125. The first-order chi connectivity index (χ1) is 9.29. The van der Waals surface area contributed by atoms with Crippen LogP contribution in [0.15, 0.2) is 48.5 Å². The van der Waals surface area contributed by atoms with Crippen molar-refractivity contribution in [2.45, 2.75) is 6.61 Å². The summed E-state index contributed by atoms with van der Waals surface area (Å²) in [4.78, 5) is 0. The highest BCUT2D eigenvalue weighted by molar-refractivity contribution is 6.19. The van der Waals surface area contributed by atoms with Crippen LogP contribution in [0.2, 0.25) is 0 Å². The predicted octanol–water partition coefficient (Wildman–Crippen LogP) is 4.00. The summed E-state index contributed by atoms with van der Waals surface area (Å²) in [6.45, 7) is 0.419. The maximum Gasteiger partial charge on any atom is 0.135 e. The van der Waals surface area contributed by atoms with E-state index in [4.69, 9.17) is 16.3 Å². The number of hydrogen-bond acceptors (Lipinski definition) is 1. The van der Waals surface area contributed by atoms with E-state index in [0.717, 1.165) is 5.56 Å². The predicted molar refractivity (Wildman–Crippen MR) is 74.8 cm³/mol. The minimum Gasteiger partial charge on any atom is -0.488 e. The van der Waals surface area contributed by atoms with Gasteiger partial charge < -0.3 is 4.74 Å². The first kappa shape index (κ1) is 13.5. The van der Waals surface area contributed by atoms with Gasteiger partial charge in [-0.3, -0.25) is 0 Å². The fourth-order valence-corrected chi connectivity index (χ4v) is 1.66. The number of alkyl halides is 1. The van der Waals surface area contributed by atoms with Crippen LogP contribution < -0.4 is 4.74 Å². The first-order valence-electron chi connectivity index (χ1n) is 5.80. The van der Waals surface area contributed by atoms with E-state index in [2.05, 4.69) is 11.8 Å². The highest BCUT2D eigenvalue weighted by atomic mass is 35.5. The highest BCUT2D eigenvalue weighted by Gasteiger charge is 2.03. The monoisotopic (exact) mass is 274 g/mol. The Morgan fingerprint density at radius 1 is 1.11 bits per heavy atom. The molecule has 0 aromatic heterocycles. The maximum absolute atomic E-state index is 13.2. The van der Waals surface area contributed by atoms with Gasteiger partial charge in [-0.25, -0.2) is 4.39 Å². The van der Waals surface area contributed by atoms with E-state index in [-0.39, 0.29) is 11.7 Å². The van der Waals surface area contributed by atoms with Gasteiger partial charge in [-0.15, -0.1) is 11.6 Å². The van der Waals surface area contributed by atoms with Crippen LogP contribution in [0.25, 0.3) is 0 Å². The van der Waals surface area contributed by atoms with Crippen molar-refractivity contribution in [2.75, 3.05) is 5.88 Å². The molecule has 0 radical (unpaired) electrons. The second-order valence-electron chi connectivity index (χ2n) is 3.85. The van der Waals surface area contributed by atoms with E-state index in [0.29, 0.717) is 17.9 Å². The lowest BCUT2D eigenvalue weighted by molar-refractivity contribution is 0.305. The minimum absolute atomic E-state index is 0.203. The average Bonchev–Trinajstić information content (AvgIpc) is 2.45. The molecule has 0 saturated carbocycles. The number of ether oxygens (including phenoxy) is 1. The van der Waals surface area contributed by atoms with Crippen molar-refractivity contribution >= 4 is 11.6 Å². The topological polar surface area (TPSA) is 9.23 Å². The van der Waals surface area contributed by atoms with Crippen LogP contribution in [0.5, 0.6) is 5.75 Å². The largest absolute Gasteiger partial charge is 0.488 e. The van der Waals surface area contributed by atoms with E-state index >= 15 is 0 Å². The van der Waals surface area contributed by atoms with Crippen molar-refractivity contribution in [3.05, 3.63) is 65.5 Å². The van der Waals surface area contributed by atoms with Gasteiger partial charge in [-0.05, 0) is 23.8 Å². The van der Waals surface area contributed by atoms with Crippen LogP contribution in [-0.2, 0) is 6.61 Å². The van der Waals surface area contributed by atoms with E-state index in [9.17, 15) is 4.39 Å². The van der Waals surface area contributed by atoms with Gasteiger partial charge in [0, 0.05) is 0 Å². The summed E-state index contributed by atoms with van der Waals surface area (Å²) in [5, 5.41) is 0. The van der Waals surface area contributed by atoms with Gasteiger partial charge in [0.15, 0.2) is 0 Å². The molecule has 1 nitrogen and oxygen atoms in total. The second-order valence-corrected chi connectivity index (χ2v) is 4.12. The summed E-state index contributed by atoms with van der Waals surface area (Å²) in [5.41, 5.74) is 1.56. The molecule has 0 unspecified atom stereocenters. The summed E-state index contributed by atoms with van der Waals surface area (Å²) >= 11 is 5.51. The van der Waals surface area contributed by atoms with E-state index in [1.807, 2.05) is 30.3 Å². The second kappa shape index (κ2) is 6.82. The summed E-state index contributed by atoms with van der Waals surface area (Å²) in [7, 11) is 0. The standard InChI is InChI=1S/C16H12ClFO/c17-10-4-7-14-11-15(18)8-9-16(14)19-12-13-5-2-1-3-6-13/h1-3,5-6,8-9,11H,10,12H2. The molecule has 2 aromatic carbocycles. The van der Waals surface area contributed by atoms with E-state index < -0.39 is 0 Å². The normalized spacial score (nSPS) is 9.58. The molecule has 0 N–H and O–H groups in total. The summed E-state index contributed by atoms with van der Waals surface area (Å²) in [6.07, 6.45) is 0. The number of benzene rings is 2. The zero-order valence-electron chi connectivity index (χ0n) is 10.2. The van der Waals surface area contributed by atoms with Gasteiger partial charge in [-0.1, -0.05) is 42.2 Å². The smallest absolute Gasteiger partial charge is 0.135 e. The third-order valence-electron chi connectivity index (χ3n) is 2.47. The Labute approximate surface area is 117 Å². The number of halogens is 2. The molecule has 96 valence electrons. The van der Waals surface area contributed by atoms with Gasteiger partial charge in [-0.2, -0.15) is 0 Å². The molecule has 0 aliphatic heterocycles. The van der Waals surface area contributed by atoms with Crippen LogP contribution in [0, 0.1) is 17.7 Å². The van der Waals surface area contributed by atoms with Gasteiger partial charge in [0.2, 0.25) is 0 Å². The molecule has 3 heteroatoms. The molecule has 0 atom stereocenters. The van der Waals surface area contributed by atoms with Gasteiger partial charge >= 0.3 is 0 Å². The Bertz CT molecular complexity index is 599. The summed E-state index contributed by atoms with van der Waals surface area (Å²) < 4.78 is 18.8. The minimum atomic E-state index is -0.342. The molecule has 0 aliphatic carbocycles. The lowest BCUT2D eigenvalue weighted by Crippen LogP contribution is -1.97. The molecule has 0 amide bonds. The van der Waals surface area contributed by atoms with E-state index in [1.54, 1.807) is 6.07 Å². The molecule has 2 aromatic rings. The third kappa shape index (κ3) is 4.01. The van der Waals surface area contributed by atoms with Crippen LogP contribution in [-0.4, -0.2) is 5.88 Å². The van der Waals surface area contributed by atoms with Crippen molar-refractivity contribution in [1.82, 2.24) is 0 Å². The zero-order valence-corrected chi connectivity index (χ0v) is 11.0. The molecule has 0 fully saturated rings. The van der Waals surface area contributed by atoms with Gasteiger partial charge in [0.25, 0.3) is 0 Å². The van der Waals surface area contributed by atoms with Crippen molar-refractivity contribution in [3.8, 4) is 17.6 Å². The molecular weight excluding hydrogens is 263 g/mol. The average molecular weight is 275 g/mol. The molecule has 0 heterocycles. The Kier molecular flexibility index (Phi) is 4.83. The van der Waals surface area contributed by atoms with Gasteiger partial charge in [0.1, 0.15) is 18.2 Å². The SMILES string of the molecule is Fc1ccc(OCc2ccccc2)c(C#CCCl)c1. The lowest BCUT2D eigenvalue weighted by atomic mass is 10.2. The lowest BCUT2D eigenvalue weighted by Gasteiger charge is -2.08. The number of rotatable bonds is 3. The molecule has 2 rings (SSSR count). The molecule has 0 bridgehead atoms. The fourth-order valence-electron chi connectivity index (χ4n) is 1.59. The molecular formula is C16H12ClFO.